The van der Waals surface area contributed by atoms with E-state index in [-0.39, 0.29) is 35.9 Å². The Hall–Kier alpha value is -1.51. The maximum atomic E-state index is 11.8. The first-order chi connectivity index (χ1) is 12.7. The van der Waals surface area contributed by atoms with Gasteiger partial charge in [0, 0.05) is 39.1 Å². The number of guanidine groups is 1. The number of hydrogen-bond acceptors (Lipinski definition) is 3. The number of aliphatic imine (C=N–C) groups is 1. The molecule has 0 spiro atoms. The quantitative estimate of drug-likeness (QED) is 0.256. The van der Waals surface area contributed by atoms with Gasteiger partial charge in [-0.05, 0) is 43.4 Å². The number of unbranched alkanes of at least 4 members (excludes halogenated alkanes) is 1. The molecule has 1 atom stereocenters. The third-order valence-electron chi connectivity index (χ3n) is 4.75. The summed E-state index contributed by atoms with van der Waals surface area (Å²) in [7, 11) is 3.48. The monoisotopic (exact) mass is 488 g/mol. The first-order valence-corrected chi connectivity index (χ1v) is 9.54. The van der Waals surface area contributed by atoms with Crippen molar-refractivity contribution in [2.45, 2.75) is 45.1 Å². The van der Waals surface area contributed by atoms with Crippen LogP contribution in [-0.2, 0) is 11.2 Å². The molecule has 1 unspecified atom stereocenters. The highest BCUT2D eigenvalue weighted by Crippen LogP contribution is 2.13. The van der Waals surface area contributed by atoms with Gasteiger partial charge >= 0.3 is 0 Å². The second-order valence-corrected chi connectivity index (χ2v) is 6.63. The van der Waals surface area contributed by atoms with Crippen LogP contribution in [0.2, 0.25) is 0 Å². The Kier molecular flexibility index (Phi) is 11.2. The molecule has 1 aromatic carbocycles. The molecule has 1 heterocycles. The van der Waals surface area contributed by atoms with Gasteiger partial charge in [-0.15, -0.1) is 24.0 Å². The molecule has 6 nitrogen and oxygen atoms in total. The van der Waals surface area contributed by atoms with Crippen molar-refractivity contribution in [1.29, 1.82) is 0 Å². The second kappa shape index (κ2) is 12.8. The third kappa shape index (κ3) is 7.94. The number of benzene rings is 1. The van der Waals surface area contributed by atoms with Gasteiger partial charge < -0.3 is 20.3 Å². The molecule has 1 fully saturated rings. The second-order valence-electron chi connectivity index (χ2n) is 6.63. The lowest BCUT2D eigenvalue weighted by Gasteiger charge is -2.18. The summed E-state index contributed by atoms with van der Waals surface area (Å²) in [4.78, 5) is 18.0. The highest BCUT2D eigenvalue weighted by Gasteiger charge is 2.25. The van der Waals surface area contributed by atoms with Crippen molar-refractivity contribution >= 4 is 35.8 Å². The van der Waals surface area contributed by atoms with Crippen LogP contribution in [0.3, 0.4) is 0 Å². The number of nitrogens with zero attached hydrogens (tertiary/aromatic N) is 2. The number of methoxy groups -OCH3 is 1. The number of likely N-dealkylation sites (tertiary alicyclic amines) is 1. The fourth-order valence-electron chi connectivity index (χ4n) is 3.17. The minimum Gasteiger partial charge on any atom is -0.497 e. The van der Waals surface area contributed by atoms with E-state index in [0.29, 0.717) is 6.42 Å². The van der Waals surface area contributed by atoms with Gasteiger partial charge in [0.05, 0.1) is 7.11 Å². The summed E-state index contributed by atoms with van der Waals surface area (Å²) < 4.78 is 5.18. The normalized spacial score (nSPS) is 16.6. The van der Waals surface area contributed by atoms with Gasteiger partial charge in [-0.1, -0.05) is 19.1 Å². The molecule has 1 amide bonds. The molecule has 7 heteroatoms. The molecule has 1 saturated heterocycles. The van der Waals surface area contributed by atoms with Gasteiger partial charge in [-0.3, -0.25) is 9.79 Å². The van der Waals surface area contributed by atoms with Crippen LogP contribution < -0.4 is 15.4 Å². The first kappa shape index (κ1) is 23.5. The largest absolute Gasteiger partial charge is 0.497 e. The van der Waals surface area contributed by atoms with E-state index in [0.717, 1.165) is 57.0 Å². The third-order valence-corrected chi connectivity index (χ3v) is 4.75. The Balaban J connectivity index is 0.00000364. The molecule has 0 aliphatic carbocycles. The number of nitrogens with one attached hydrogen (secondary N) is 2. The Bertz CT molecular complexity index is 592. The number of rotatable bonds is 8. The summed E-state index contributed by atoms with van der Waals surface area (Å²) in [5.41, 5.74) is 1.33. The molecular weight excluding hydrogens is 455 g/mol. The van der Waals surface area contributed by atoms with Crippen LogP contribution in [0.5, 0.6) is 5.75 Å². The lowest BCUT2D eigenvalue weighted by molar-refractivity contribution is -0.129. The highest BCUT2D eigenvalue weighted by molar-refractivity contribution is 14.0. The average Bonchev–Trinajstić information content (AvgIpc) is 3.15. The van der Waals surface area contributed by atoms with Crippen molar-refractivity contribution in [2.75, 3.05) is 33.8 Å². The molecule has 2 N–H and O–H groups in total. The van der Waals surface area contributed by atoms with Crippen LogP contribution in [0.15, 0.2) is 29.3 Å². The summed E-state index contributed by atoms with van der Waals surface area (Å²) in [5.74, 6) is 1.96. The van der Waals surface area contributed by atoms with E-state index in [2.05, 4.69) is 27.8 Å². The Morgan fingerprint density at radius 3 is 2.67 bits per heavy atom. The predicted octanol–water partition coefficient (Wildman–Crippen LogP) is 2.81. The van der Waals surface area contributed by atoms with E-state index in [9.17, 15) is 4.79 Å². The van der Waals surface area contributed by atoms with E-state index >= 15 is 0 Å². The molecule has 1 aliphatic rings. The summed E-state index contributed by atoms with van der Waals surface area (Å²) in [6.07, 6.45) is 4.82. The van der Waals surface area contributed by atoms with Crippen LogP contribution >= 0.6 is 24.0 Å². The zero-order valence-corrected chi connectivity index (χ0v) is 19.0. The number of amides is 1. The van der Waals surface area contributed by atoms with Crippen LogP contribution in [0.4, 0.5) is 0 Å². The molecule has 2 rings (SSSR count). The lowest BCUT2D eigenvalue weighted by Crippen LogP contribution is -2.45. The number of carbonyl (C=O) groups excluding carboxylic acids is 1. The number of aryl methyl sites for hydroxylation is 1. The molecule has 152 valence electrons. The molecule has 0 aromatic heterocycles. The maximum Gasteiger partial charge on any atom is 0.222 e. The summed E-state index contributed by atoms with van der Waals surface area (Å²) >= 11 is 0. The zero-order chi connectivity index (χ0) is 18.8. The van der Waals surface area contributed by atoms with E-state index < -0.39 is 0 Å². The van der Waals surface area contributed by atoms with Crippen molar-refractivity contribution in [2.24, 2.45) is 4.99 Å². The van der Waals surface area contributed by atoms with Crippen LogP contribution in [0, 0.1) is 0 Å². The van der Waals surface area contributed by atoms with Gasteiger partial charge in [0.15, 0.2) is 5.96 Å². The van der Waals surface area contributed by atoms with Crippen molar-refractivity contribution in [3.8, 4) is 5.75 Å². The van der Waals surface area contributed by atoms with Gasteiger partial charge in [-0.2, -0.15) is 0 Å². The van der Waals surface area contributed by atoms with E-state index in [1.807, 2.05) is 24.0 Å². The van der Waals surface area contributed by atoms with Gasteiger partial charge in [0.2, 0.25) is 5.91 Å². The zero-order valence-electron chi connectivity index (χ0n) is 16.7. The summed E-state index contributed by atoms with van der Waals surface area (Å²) in [5, 5.41) is 6.80. The standard InChI is InChI=1S/C20H32N4O2.HI/c1-4-19(25)24-14-12-17(15-24)23-20(21-2)22-13-6-5-7-16-8-10-18(26-3)11-9-16;/h8-11,17H,4-7,12-15H2,1-3H3,(H2,21,22,23);1H. The SMILES string of the molecule is CCC(=O)N1CCC(NC(=NC)NCCCCc2ccc(OC)cc2)C1.I. The molecule has 1 aromatic rings. The fraction of sp³-hybridized carbons (Fsp3) is 0.600. The number of halogens is 1. The highest BCUT2D eigenvalue weighted by atomic mass is 127. The molecule has 27 heavy (non-hydrogen) atoms. The van der Waals surface area contributed by atoms with Crippen molar-refractivity contribution in [3.05, 3.63) is 29.8 Å². The van der Waals surface area contributed by atoms with Crippen molar-refractivity contribution in [1.82, 2.24) is 15.5 Å². The Morgan fingerprint density at radius 2 is 2.04 bits per heavy atom. The van der Waals surface area contributed by atoms with Crippen LogP contribution in [-0.4, -0.2) is 56.6 Å². The van der Waals surface area contributed by atoms with Gasteiger partial charge in [0.25, 0.3) is 0 Å². The number of carbonyl (C=O) groups is 1. The minimum atomic E-state index is 0. The molecule has 0 saturated carbocycles. The topological polar surface area (TPSA) is 66.0 Å². The first-order valence-electron chi connectivity index (χ1n) is 9.54. The molecule has 0 radical (unpaired) electrons. The Morgan fingerprint density at radius 1 is 1.30 bits per heavy atom. The number of hydrogen-bond donors (Lipinski definition) is 2. The maximum absolute atomic E-state index is 11.8. The van der Waals surface area contributed by atoms with E-state index in [1.54, 1.807) is 14.2 Å². The van der Waals surface area contributed by atoms with Gasteiger partial charge in [-0.25, -0.2) is 0 Å². The lowest BCUT2D eigenvalue weighted by atomic mass is 10.1. The van der Waals surface area contributed by atoms with E-state index in [4.69, 9.17) is 4.74 Å². The smallest absolute Gasteiger partial charge is 0.222 e. The molecular formula is C20H33IN4O2. The average molecular weight is 488 g/mol. The minimum absolute atomic E-state index is 0. The Labute approximate surface area is 180 Å². The summed E-state index contributed by atoms with van der Waals surface area (Å²) in [6.45, 7) is 4.41. The predicted molar refractivity (Wildman–Crippen MR) is 121 cm³/mol. The molecule has 0 bridgehead atoms. The fourth-order valence-corrected chi connectivity index (χ4v) is 3.17. The van der Waals surface area contributed by atoms with Gasteiger partial charge in [0.1, 0.15) is 5.75 Å². The summed E-state index contributed by atoms with van der Waals surface area (Å²) in [6, 6.07) is 8.55. The number of ether oxygens (including phenoxy) is 1. The van der Waals surface area contributed by atoms with E-state index in [1.165, 1.54) is 5.56 Å². The van der Waals surface area contributed by atoms with Crippen molar-refractivity contribution < 1.29 is 9.53 Å². The molecule has 1 aliphatic heterocycles. The van der Waals surface area contributed by atoms with Crippen LogP contribution in [0.1, 0.15) is 38.2 Å². The van der Waals surface area contributed by atoms with Crippen molar-refractivity contribution in [3.63, 3.8) is 0 Å². The van der Waals surface area contributed by atoms with Crippen LogP contribution in [0.25, 0.3) is 0 Å².